The van der Waals surface area contributed by atoms with E-state index in [0.717, 1.165) is 19.3 Å². The first-order valence-corrected chi connectivity index (χ1v) is 8.57. The summed E-state index contributed by atoms with van der Waals surface area (Å²) in [6, 6.07) is 0. The van der Waals surface area contributed by atoms with E-state index < -0.39 is 0 Å². The highest BCUT2D eigenvalue weighted by Crippen LogP contribution is 2.36. The second kappa shape index (κ2) is 6.60. The van der Waals surface area contributed by atoms with E-state index in [4.69, 9.17) is 9.47 Å². The Hall–Kier alpha value is -0.410. The highest BCUT2D eigenvalue weighted by atomic mass is 16.5. The van der Waals surface area contributed by atoms with Crippen LogP contribution in [0.1, 0.15) is 81.6 Å². The van der Waals surface area contributed by atoms with E-state index >= 15 is 0 Å². The number of carbonyl (C=O) groups is 1. The van der Waals surface area contributed by atoms with Gasteiger partial charge in [-0.05, 0) is 60.8 Å². The Kier molecular flexibility index (Phi) is 5.89. The maximum absolute atomic E-state index is 12.7. The Morgan fingerprint density at radius 1 is 0.727 bits per heavy atom. The van der Waals surface area contributed by atoms with Gasteiger partial charge in [-0.2, -0.15) is 0 Å². The molecule has 0 heterocycles. The van der Waals surface area contributed by atoms with Crippen LogP contribution < -0.4 is 0 Å². The minimum Gasteiger partial charge on any atom is -0.373 e. The normalized spacial score (nSPS) is 27.8. The van der Waals surface area contributed by atoms with E-state index in [1.54, 1.807) is 0 Å². The highest BCUT2D eigenvalue weighted by Gasteiger charge is 2.40. The summed E-state index contributed by atoms with van der Waals surface area (Å²) in [6.07, 6.45) is 2.70. The van der Waals surface area contributed by atoms with Gasteiger partial charge in [-0.15, -0.1) is 0 Å². The minimum absolute atomic E-state index is 0.0356. The average Bonchev–Trinajstić information content (AvgIpc) is 2.21. The number of Topliss-reactive ketones (excluding diaryl/α,β-unsaturated/α-hetero) is 1. The molecule has 0 amide bonds. The van der Waals surface area contributed by atoms with E-state index in [1.165, 1.54) is 0 Å². The molecule has 0 saturated heterocycles. The maximum Gasteiger partial charge on any atom is 0.141 e. The first-order chi connectivity index (χ1) is 9.67. The molecular formula is C19H36O3. The molecule has 1 saturated carbocycles. The van der Waals surface area contributed by atoms with Crippen LogP contribution in [-0.4, -0.2) is 29.2 Å². The predicted molar refractivity (Wildman–Crippen MR) is 91.1 cm³/mol. The number of carbonyl (C=O) groups excluding carboxylic acids is 1. The summed E-state index contributed by atoms with van der Waals surface area (Å²) in [5, 5.41) is 0. The van der Waals surface area contributed by atoms with Crippen molar-refractivity contribution < 1.29 is 14.3 Å². The minimum atomic E-state index is -0.305. The fraction of sp³-hybridized carbons (Fsp3) is 0.947. The molecular weight excluding hydrogens is 276 g/mol. The summed E-state index contributed by atoms with van der Waals surface area (Å²) >= 11 is 0. The first kappa shape index (κ1) is 19.6. The molecule has 0 spiro atoms. The summed E-state index contributed by atoms with van der Waals surface area (Å²) in [7, 11) is 0. The number of hydrogen-bond acceptors (Lipinski definition) is 3. The Morgan fingerprint density at radius 2 is 1.09 bits per heavy atom. The molecule has 0 N–H and O–H groups in total. The molecule has 0 aromatic heterocycles. The number of ether oxygens (including phenoxy) is 2. The molecule has 1 rings (SSSR count). The second-order valence-electron chi connectivity index (χ2n) is 9.72. The highest BCUT2D eigenvalue weighted by molar-refractivity contribution is 5.86. The molecule has 22 heavy (non-hydrogen) atoms. The van der Waals surface area contributed by atoms with Crippen LogP contribution in [-0.2, 0) is 14.3 Å². The van der Waals surface area contributed by atoms with Gasteiger partial charge in [0.15, 0.2) is 0 Å². The van der Waals surface area contributed by atoms with Crippen LogP contribution in [0.3, 0.4) is 0 Å². The van der Waals surface area contributed by atoms with Gasteiger partial charge in [-0.3, -0.25) is 4.79 Å². The Morgan fingerprint density at radius 3 is 1.36 bits per heavy atom. The van der Waals surface area contributed by atoms with Gasteiger partial charge in [0, 0.05) is 11.3 Å². The topological polar surface area (TPSA) is 35.5 Å². The zero-order chi connectivity index (χ0) is 17.3. The molecule has 2 atom stereocenters. The van der Waals surface area contributed by atoms with Crippen molar-refractivity contribution in [3.63, 3.8) is 0 Å². The number of rotatable bonds is 3. The lowest BCUT2D eigenvalue weighted by Crippen LogP contribution is -2.44. The van der Waals surface area contributed by atoms with Crippen LogP contribution >= 0.6 is 0 Å². The standard InChI is InChI=1S/C19H36O3/c1-17(2,3)16(20)13-10-14(21-18(4,5)6)12-15(11-13)22-19(7,8)9/h13-15H,10-12H2,1-9H3. The average molecular weight is 312 g/mol. The van der Waals surface area contributed by atoms with Gasteiger partial charge >= 0.3 is 0 Å². The zero-order valence-corrected chi connectivity index (χ0v) is 16.1. The molecule has 1 fully saturated rings. The molecule has 0 radical (unpaired) electrons. The van der Waals surface area contributed by atoms with E-state index in [0.29, 0.717) is 5.78 Å². The molecule has 3 nitrogen and oxygen atoms in total. The third-order valence-electron chi connectivity index (χ3n) is 3.77. The van der Waals surface area contributed by atoms with Crippen molar-refractivity contribution in [2.75, 3.05) is 0 Å². The third kappa shape index (κ3) is 6.78. The molecule has 1 aliphatic rings. The van der Waals surface area contributed by atoms with Crippen LogP contribution in [0.15, 0.2) is 0 Å². The van der Waals surface area contributed by atoms with Crippen LogP contribution in [0.25, 0.3) is 0 Å². The Bertz CT molecular complexity index is 355. The van der Waals surface area contributed by atoms with Gasteiger partial charge in [-0.25, -0.2) is 0 Å². The quantitative estimate of drug-likeness (QED) is 0.753. The number of ketones is 1. The predicted octanol–water partition coefficient (Wildman–Crippen LogP) is 4.77. The smallest absolute Gasteiger partial charge is 0.141 e. The molecule has 1 aliphatic carbocycles. The fourth-order valence-corrected chi connectivity index (χ4v) is 3.24. The largest absolute Gasteiger partial charge is 0.373 e. The van der Waals surface area contributed by atoms with Gasteiger partial charge in [0.2, 0.25) is 0 Å². The Labute approximate surface area is 137 Å². The van der Waals surface area contributed by atoms with Crippen molar-refractivity contribution >= 4 is 5.78 Å². The Balaban J connectivity index is 2.87. The SMILES string of the molecule is CC(C)(C)OC1CC(OC(C)(C)C)CC(C(=O)C(C)(C)C)C1. The lowest BCUT2D eigenvalue weighted by molar-refractivity contribution is -0.155. The van der Waals surface area contributed by atoms with Crippen molar-refractivity contribution in [1.82, 2.24) is 0 Å². The fourth-order valence-electron chi connectivity index (χ4n) is 3.24. The summed E-state index contributed by atoms with van der Waals surface area (Å²) in [4.78, 5) is 12.7. The van der Waals surface area contributed by atoms with Crippen molar-refractivity contribution in [2.24, 2.45) is 11.3 Å². The molecule has 0 bridgehead atoms. The summed E-state index contributed by atoms with van der Waals surface area (Å²) in [5.41, 5.74) is -0.687. The molecule has 0 aromatic carbocycles. The molecule has 130 valence electrons. The van der Waals surface area contributed by atoms with Gasteiger partial charge in [0.1, 0.15) is 5.78 Å². The van der Waals surface area contributed by atoms with Crippen LogP contribution in [0.5, 0.6) is 0 Å². The summed E-state index contributed by atoms with van der Waals surface area (Å²) < 4.78 is 12.4. The van der Waals surface area contributed by atoms with Crippen LogP contribution in [0, 0.1) is 11.3 Å². The second-order valence-corrected chi connectivity index (χ2v) is 9.72. The van der Waals surface area contributed by atoms with Gasteiger partial charge < -0.3 is 9.47 Å². The maximum atomic E-state index is 12.7. The first-order valence-electron chi connectivity index (χ1n) is 8.57. The molecule has 2 unspecified atom stereocenters. The zero-order valence-electron chi connectivity index (χ0n) is 16.1. The third-order valence-corrected chi connectivity index (χ3v) is 3.77. The summed E-state index contributed by atoms with van der Waals surface area (Å²) in [5.74, 6) is 0.366. The van der Waals surface area contributed by atoms with E-state index in [2.05, 4.69) is 41.5 Å². The van der Waals surface area contributed by atoms with Crippen LogP contribution in [0.2, 0.25) is 0 Å². The van der Waals surface area contributed by atoms with Gasteiger partial charge in [0.05, 0.1) is 23.4 Å². The van der Waals surface area contributed by atoms with Crippen LogP contribution in [0.4, 0.5) is 0 Å². The lowest BCUT2D eigenvalue weighted by Gasteiger charge is -2.41. The van der Waals surface area contributed by atoms with Crippen molar-refractivity contribution in [1.29, 1.82) is 0 Å². The van der Waals surface area contributed by atoms with Crippen molar-refractivity contribution in [3.8, 4) is 0 Å². The molecule has 0 aromatic rings. The van der Waals surface area contributed by atoms with Gasteiger partial charge in [0.25, 0.3) is 0 Å². The molecule has 0 aliphatic heterocycles. The monoisotopic (exact) mass is 312 g/mol. The van der Waals surface area contributed by atoms with E-state index in [9.17, 15) is 4.79 Å². The summed E-state index contributed by atoms with van der Waals surface area (Å²) in [6.45, 7) is 18.4. The van der Waals surface area contributed by atoms with E-state index in [-0.39, 0.29) is 34.7 Å². The lowest BCUT2D eigenvalue weighted by atomic mass is 9.74. The van der Waals surface area contributed by atoms with Crippen molar-refractivity contribution in [2.45, 2.75) is 105 Å². The molecule has 3 heteroatoms. The van der Waals surface area contributed by atoms with Crippen molar-refractivity contribution in [3.05, 3.63) is 0 Å². The van der Waals surface area contributed by atoms with E-state index in [1.807, 2.05) is 20.8 Å². The van der Waals surface area contributed by atoms with Gasteiger partial charge in [-0.1, -0.05) is 20.8 Å². The number of hydrogen-bond donors (Lipinski definition) is 0.